The maximum absolute atomic E-state index is 5.91. The summed E-state index contributed by atoms with van der Waals surface area (Å²) in [7, 11) is 2.01. The average Bonchev–Trinajstić information content (AvgIpc) is 3.34. The smallest absolute Gasteiger partial charge is 0.254 e. The molecule has 138 valence electrons. The molecule has 4 heterocycles. The monoisotopic (exact) mass is 356 g/mol. The van der Waals surface area contributed by atoms with Gasteiger partial charge in [0, 0.05) is 63.4 Å². The Morgan fingerprint density at radius 2 is 2.23 bits per heavy atom. The third-order valence-corrected chi connectivity index (χ3v) is 4.72. The molecule has 0 spiro atoms. The molecule has 0 aliphatic carbocycles. The van der Waals surface area contributed by atoms with Crippen molar-refractivity contribution in [3.05, 3.63) is 36.3 Å². The molecule has 0 saturated carbocycles. The van der Waals surface area contributed by atoms with E-state index in [2.05, 4.69) is 30.7 Å². The predicted octanol–water partition coefficient (Wildman–Crippen LogP) is 0.946. The molecule has 0 unspecified atom stereocenters. The van der Waals surface area contributed by atoms with Crippen molar-refractivity contribution in [2.24, 2.45) is 13.0 Å². The van der Waals surface area contributed by atoms with E-state index in [0.29, 0.717) is 11.7 Å². The van der Waals surface area contributed by atoms with Gasteiger partial charge in [-0.2, -0.15) is 14.6 Å². The number of rotatable bonds is 7. The number of hydrogen-bond donors (Lipinski definition) is 2. The van der Waals surface area contributed by atoms with Crippen LogP contribution in [0.3, 0.4) is 0 Å². The Morgan fingerprint density at radius 1 is 1.31 bits per heavy atom. The topological polar surface area (TPSA) is 94.2 Å². The first kappa shape index (κ1) is 16.9. The van der Waals surface area contributed by atoms with Crippen LogP contribution in [0.25, 0.3) is 5.78 Å². The van der Waals surface area contributed by atoms with Gasteiger partial charge in [-0.25, -0.2) is 9.97 Å². The molecule has 0 radical (unpaired) electrons. The van der Waals surface area contributed by atoms with E-state index in [1.54, 1.807) is 4.52 Å². The van der Waals surface area contributed by atoms with Crippen LogP contribution in [0.2, 0.25) is 0 Å². The lowest BCUT2D eigenvalue weighted by Crippen LogP contribution is -2.30. The van der Waals surface area contributed by atoms with Crippen molar-refractivity contribution in [2.75, 3.05) is 31.6 Å². The van der Waals surface area contributed by atoms with E-state index in [9.17, 15) is 0 Å². The van der Waals surface area contributed by atoms with Crippen LogP contribution in [0.4, 0.5) is 5.82 Å². The van der Waals surface area contributed by atoms with Crippen molar-refractivity contribution in [1.29, 1.82) is 0 Å². The van der Waals surface area contributed by atoms with Gasteiger partial charge in [-0.3, -0.25) is 0 Å². The Bertz CT molecular complexity index is 873. The van der Waals surface area contributed by atoms with E-state index in [-0.39, 0.29) is 6.10 Å². The highest BCUT2D eigenvalue weighted by Crippen LogP contribution is 2.32. The Labute approximate surface area is 151 Å². The first-order valence-electron chi connectivity index (χ1n) is 8.93. The molecule has 3 aromatic rings. The first-order valence-corrected chi connectivity index (χ1v) is 8.93. The van der Waals surface area contributed by atoms with Crippen molar-refractivity contribution in [3.8, 4) is 0 Å². The van der Waals surface area contributed by atoms with Crippen molar-refractivity contribution in [3.63, 3.8) is 0 Å². The van der Waals surface area contributed by atoms with Crippen LogP contribution in [-0.4, -0.2) is 55.4 Å². The van der Waals surface area contributed by atoms with Crippen molar-refractivity contribution >= 4 is 11.6 Å². The highest BCUT2D eigenvalue weighted by atomic mass is 16.5. The molecule has 26 heavy (non-hydrogen) atoms. The maximum atomic E-state index is 5.91. The Morgan fingerprint density at radius 3 is 3.08 bits per heavy atom. The third-order valence-electron chi connectivity index (χ3n) is 4.72. The number of aryl methyl sites for hydroxylation is 2. The molecule has 1 aliphatic heterocycles. The van der Waals surface area contributed by atoms with Crippen LogP contribution in [0, 0.1) is 12.8 Å². The van der Waals surface area contributed by atoms with Crippen molar-refractivity contribution < 1.29 is 4.74 Å². The standard InChI is InChI=1S/C17H24N8O/c1-12-9-14(25-17(23-12)21-11-22-25)19-5-4-18-10-13-3-8-26-15(13)16-20-6-7-24(16)2/h6-7,9,11,13,15,18-19H,3-5,8,10H2,1-2H3/t13-,15+/m0/s1. The zero-order valence-corrected chi connectivity index (χ0v) is 15.1. The van der Waals surface area contributed by atoms with E-state index < -0.39 is 0 Å². The van der Waals surface area contributed by atoms with E-state index in [1.165, 1.54) is 6.33 Å². The molecular weight excluding hydrogens is 332 g/mol. The molecular formula is C17H24N8O. The summed E-state index contributed by atoms with van der Waals surface area (Å²) in [6.07, 6.45) is 6.44. The molecule has 9 heteroatoms. The minimum Gasteiger partial charge on any atom is -0.370 e. The summed E-state index contributed by atoms with van der Waals surface area (Å²) in [5.41, 5.74) is 0.918. The van der Waals surface area contributed by atoms with Gasteiger partial charge in [0.1, 0.15) is 24.1 Å². The van der Waals surface area contributed by atoms with Crippen LogP contribution >= 0.6 is 0 Å². The number of fused-ring (bicyclic) bond motifs is 1. The van der Waals surface area contributed by atoms with Gasteiger partial charge >= 0.3 is 0 Å². The fraction of sp³-hybridized carbons (Fsp3) is 0.529. The largest absolute Gasteiger partial charge is 0.370 e. The highest BCUT2D eigenvalue weighted by Gasteiger charge is 2.31. The van der Waals surface area contributed by atoms with Crippen LogP contribution in [-0.2, 0) is 11.8 Å². The van der Waals surface area contributed by atoms with Gasteiger partial charge in [-0.1, -0.05) is 0 Å². The normalized spacial score (nSPS) is 20.1. The zero-order valence-electron chi connectivity index (χ0n) is 15.1. The zero-order chi connectivity index (χ0) is 17.9. The van der Waals surface area contributed by atoms with E-state index in [0.717, 1.165) is 50.0 Å². The molecule has 0 amide bonds. The summed E-state index contributed by atoms with van der Waals surface area (Å²) < 4.78 is 9.66. The third kappa shape index (κ3) is 3.40. The lowest BCUT2D eigenvalue weighted by atomic mass is 10.0. The highest BCUT2D eigenvalue weighted by molar-refractivity contribution is 5.44. The second-order valence-corrected chi connectivity index (χ2v) is 6.62. The minimum absolute atomic E-state index is 0.0769. The van der Waals surface area contributed by atoms with Crippen LogP contribution in [0.15, 0.2) is 24.8 Å². The van der Waals surface area contributed by atoms with Gasteiger partial charge in [0.2, 0.25) is 0 Å². The van der Waals surface area contributed by atoms with E-state index in [1.807, 2.05) is 37.0 Å². The number of aromatic nitrogens is 6. The van der Waals surface area contributed by atoms with Gasteiger partial charge in [-0.15, -0.1) is 0 Å². The fourth-order valence-electron chi connectivity index (χ4n) is 3.40. The van der Waals surface area contributed by atoms with Gasteiger partial charge < -0.3 is 19.9 Å². The number of ether oxygens (including phenoxy) is 1. The fourth-order valence-corrected chi connectivity index (χ4v) is 3.40. The average molecular weight is 356 g/mol. The second-order valence-electron chi connectivity index (χ2n) is 6.62. The van der Waals surface area contributed by atoms with Crippen LogP contribution < -0.4 is 10.6 Å². The summed E-state index contributed by atoms with van der Waals surface area (Å²) in [6, 6.07) is 1.98. The number of nitrogens with zero attached hydrogens (tertiary/aromatic N) is 6. The molecule has 1 saturated heterocycles. The molecule has 0 bridgehead atoms. The Hall–Kier alpha value is -2.52. The second kappa shape index (κ2) is 7.38. The van der Waals surface area contributed by atoms with Gasteiger partial charge in [0.25, 0.3) is 5.78 Å². The van der Waals surface area contributed by atoms with Crippen LogP contribution in [0.5, 0.6) is 0 Å². The van der Waals surface area contributed by atoms with Crippen molar-refractivity contribution in [1.82, 2.24) is 34.4 Å². The number of hydrogen-bond acceptors (Lipinski definition) is 7. The SMILES string of the molecule is Cc1cc(NCCNC[C@@H]2CCO[C@H]2c2nccn2C)n2ncnc2n1. The van der Waals surface area contributed by atoms with E-state index >= 15 is 0 Å². The summed E-state index contributed by atoms with van der Waals surface area (Å²) in [5.74, 6) is 2.97. The predicted molar refractivity (Wildman–Crippen MR) is 96.9 cm³/mol. The Balaban J connectivity index is 1.27. The lowest BCUT2D eigenvalue weighted by Gasteiger charge is -2.19. The van der Waals surface area contributed by atoms with Crippen LogP contribution in [0.1, 0.15) is 24.0 Å². The molecule has 0 aromatic carbocycles. The molecule has 3 aromatic heterocycles. The van der Waals surface area contributed by atoms with Gasteiger partial charge in [-0.05, 0) is 13.3 Å². The molecule has 2 N–H and O–H groups in total. The Kier molecular flexibility index (Phi) is 4.81. The molecule has 4 rings (SSSR count). The summed E-state index contributed by atoms with van der Waals surface area (Å²) in [6.45, 7) is 5.30. The summed E-state index contributed by atoms with van der Waals surface area (Å²) in [4.78, 5) is 12.9. The summed E-state index contributed by atoms with van der Waals surface area (Å²) >= 11 is 0. The van der Waals surface area contributed by atoms with Gasteiger partial charge in [0.15, 0.2) is 0 Å². The number of nitrogens with one attached hydrogen (secondary N) is 2. The number of imidazole rings is 1. The molecule has 2 atom stereocenters. The lowest BCUT2D eigenvalue weighted by molar-refractivity contribution is 0.0812. The molecule has 1 fully saturated rings. The minimum atomic E-state index is 0.0769. The van der Waals surface area contributed by atoms with Crippen molar-refractivity contribution in [2.45, 2.75) is 19.4 Å². The first-order chi connectivity index (χ1) is 12.7. The summed E-state index contributed by atoms with van der Waals surface area (Å²) in [5, 5.41) is 11.1. The van der Waals surface area contributed by atoms with Gasteiger partial charge in [0.05, 0.1) is 0 Å². The molecule has 1 aliphatic rings. The van der Waals surface area contributed by atoms with E-state index in [4.69, 9.17) is 4.74 Å². The molecule has 9 nitrogen and oxygen atoms in total. The maximum Gasteiger partial charge on any atom is 0.254 e. The number of anilines is 1. The quantitative estimate of drug-likeness (QED) is 0.609.